The summed E-state index contributed by atoms with van der Waals surface area (Å²) < 4.78 is 12.7. The molecule has 2 aromatic rings. The summed E-state index contributed by atoms with van der Waals surface area (Å²) in [6.07, 6.45) is 0.159. The smallest absolute Gasteiger partial charge is 0.168 e. The van der Waals surface area contributed by atoms with Crippen LogP contribution in [-0.4, -0.2) is 10.8 Å². The van der Waals surface area contributed by atoms with Crippen LogP contribution in [0.15, 0.2) is 42.5 Å². The molecule has 1 aromatic carbocycles. The van der Waals surface area contributed by atoms with E-state index in [-0.39, 0.29) is 18.0 Å². The average Bonchev–Trinajstić information content (AvgIpc) is 2.29. The Morgan fingerprint density at radius 1 is 1.18 bits per heavy atom. The molecular formula is C13H9ClFNO. The van der Waals surface area contributed by atoms with Crippen molar-refractivity contribution in [2.75, 3.05) is 0 Å². The highest BCUT2D eigenvalue weighted by atomic mass is 35.5. The van der Waals surface area contributed by atoms with E-state index in [2.05, 4.69) is 4.98 Å². The van der Waals surface area contributed by atoms with Gasteiger partial charge < -0.3 is 0 Å². The maximum Gasteiger partial charge on any atom is 0.168 e. The third kappa shape index (κ3) is 3.11. The first-order valence-electron chi connectivity index (χ1n) is 5.05. The van der Waals surface area contributed by atoms with E-state index < -0.39 is 0 Å². The maximum atomic E-state index is 12.7. The Hall–Kier alpha value is -1.74. The van der Waals surface area contributed by atoms with Crippen molar-refractivity contribution in [2.45, 2.75) is 6.42 Å². The monoisotopic (exact) mass is 249 g/mol. The molecule has 4 heteroatoms. The van der Waals surface area contributed by atoms with Crippen LogP contribution >= 0.6 is 11.6 Å². The number of Topliss-reactive ketones (excluding diaryl/α,β-unsaturated/α-hetero) is 1. The van der Waals surface area contributed by atoms with Gasteiger partial charge in [0.15, 0.2) is 5.78 Å². The van der Waals surface area contributed by atoms with Crippen molar-refractivity contribution < 1.29 is 9.18 Å². The lowest BCUT2D eigenvalue weighted by molar-refractivity contribution is 0.0992. The Kier molecular flexibility index (Phi) is 3.49. The van der Waals surface area contributed by atoms with Crippen molar-refractivity contribution in [3.05, 3.63) is 64.7 Å². The molecule has 0 amide bonds. The lowest BCUT2D eigenvalue weighted by Gasteiger charge is -2.01. The second-order valence-electron chi connectivity index (χ2n) is 3.56. The van der Waals surface area contributed by atoms with E-state index in [1.807, 2.05) is 0 Å². The number of aromatic nitrogens is 1. The molecule has 2 rings (SSSR count). The Morgan fingerprint density at radius 3 is 2.53 bits per heavy atom. The van der Waals surface area contributed by atoms with E-state index >= 15 is 0 Å². The highest BCUT2D eigenvalue weighted by Gasteiger charge is 2.08. The summed E-state index contributed by atoms with van der Waals surface area (Å²) in [4.78, 5) is 15.9. The van der Waals surface area contributed by atoms with Crippen LogP contribution in [0.5, 0.6) is 0 Å². The SMILES string of the molecule is O=C(Cc1cccc(Cl)n1)c1ccc(F)cc1. The lowest BCUT2D eigenvalue weighted by atomic mass is 10.1. The van der Waals surface area contributed by atoms with Crippen LogP contribution in [0.2, 0.25) is 5.15 Å². The first kappa shape index (κ1) is 11.7. The minimum atomic E-state index is -0.359. The van der Waals surface area contributed by atoms with Gasteiger partial charge in [-0.1, -0.05) is 17.7 Å². The van der Waals surface area contributed by atoms with Crippen molar-refractivity contribution >= 4 is 17.4 Å². The highest BCUT2D eigenvalue weighted by molar-refractivity contribution is 6.29. The summed E-state index contributed by atoms with van der Waals surface area (Å²) in [6.45, 7) is 0. The molecule has 0 unspecified atom stereocenters. The zero-order chi connectivity index (χ0) is 12.3. The Labute approximate surface area is 103 Å². The summed E-state index contributed by atoms with van der Waals surface area (Å²) in [5, 5.41) is 0.356. The van der Waals surface area contributed by atoms with Crippen LogP contribution in [0.3, 0.4) is 0 Å². The second kappa shape index (κ2) is 5.06. The van der Waals surface area contributed by atoms with Crippen molar-refractivity contribution in [1.82, 2.24) is 4.98 Å². The minimum Gasteiger partial charge on any atom is -0.294 e. The summed E-state index contributed by atoms with van der Waals surface area (Å²) in [5.41, 5.74) is 1.07. The van der Waals surface area contributed by atoms with E-state index in [9.17, 15) is 9.18 Å². The van der Waals surface area contributed by atoms with Gasteiger partial charge in [0.2, 0.25) is 0 Å². The fourth-order valence-corrected chi connectivity index (χ4v) is 1.63. The van der Waals surface area contributed by atoms with Crippen LogP contribution in [0.25, 0.3) is 0 Å². The van der Waals surface area contributed by atoms with Gasteiger partial charge in [-0.2, -0.15) is 0 Å². The Bertz CT molecular complexity index is 539. The van der Waals surface area contributed by atoms with E-state index in [0.717, 1.165) is 0 Å². The largest absolute Gasteiger partial charge is 0.294 e. The molecule has 0 aliphatic carbocycles. The number of rotatable bonds is 3. The van der Waals surface area contributed by atoms with Crippen LogP contribution < -0.4 is 0 Å². The van der Waals surface area contributed by atoms with Gasteiger partial charge in [-0.05, 0) is 36.4 Å². The predicted octanol–water partition coefficient (Wildman–Crippen LogP) is 3.30. The molecule has 86 valence electrons. The molecule has 0 aliphatic rings. The molecule has 0 aliphatic heterocycles. The van der Waals surface area contributed by atoms with Gasteiger partial charge in [0.05, 0.1) is 6.42 Å². The zero-order valence-electron chi connectivity index (χ0n) is 8.86. The summed E-state index contributed by atoms with van der Waals surface area (Å²) in [5.74, 6) is -0.470. The number of carbonyl (C=O) groups excluding carboxylic acids is 1. The molecule has 0 bridgehead atoms. The molecule has 0 fully saturated rings. The predicted molar refractivity (Wildman–Crippen MR) is 63.7 cm³/mol. The fourth-order valence-electron chi connectivity index (χ4n) is 1.45. The van der Waals surface area contributed by atoms with Crippen molar-refractivity contribution in [2.24, 2.45) is 0 Å². The number of benzene rings is 1. The second-order valence-corrected chi connectivity index (χ2v) is 3.95. The normalized spacial score (nSPS) is 10.2. The Balaban J connectivity index is 2.14. The fraction of sp³-hybridized carbons (Fsp3) is 0.0769. The van der Waals surface area contributed by atoms with E-state index in [0.29, 0.717) is 16.4 Å². The van der Waals surface area contributed by atoms with Gasteiger partial charge in [0, 0.05) is 11.3 Å². The standard InChI is InChI=1S/C13H9ClFNO/c14-13-3-1-2-11(16-13)8-12(17)9-4-6-10(15)7-5-9/h1-7H,8H2. The molecule has 1 aromatic heterocycles. The maximum absolute atomic E-state index is 12.7. The summed E-state index contributed by atoms with van der Waals surface area (Å²) >= 11 is 5.72. The van der Waals surface area contributed by atoms with Crippen molar-refractivity contribution in [1.29, 1.82) is 0 Å². The Morgan fingerprint density at radius 2 is 1.88 bits per heavy atom. The number of nitrogens with zero attached hydrogens (tertiary/aromatic N) is 1. The third-order valence-corrected chi connectivity index (χ3v) is 2.49. The zero-order valence-corrected chi connectivity index (χ0v) is 9.62. The van der Waals surface area contributed by atoms with Gasteiger partial charge >= 0.3 is 0 Å². The molecule has 0 saturated heterocycles. The lowest BCUT2D eigenvalue weighted by Crippen LogP contribution is -2.05. The van der Waals surface area contributed by atoms with Crippen LogP contribution in [0, 0.1) is 5.82 Å². The molecule has 0 atom stereocenters. The topological polar surface area (TPSA) is 30.0 Å². The quantitative estimate of drug-likeness (QED) is 0.617. The molecule has 2 nitrogen and oxygen atoms in total. The number of halogens is 2. The van der Waals surface area contributed by atoms with Gasteiger partial charge in [0.25, 0.3) is 0 Å². The van der Waals surface area contributed by atoms with Gasteiger partial charge in [-0.25, -0.2) is 9.37 Å². The minimum absolute atomic E-state index is 0.111. The van der Waals surface area contributed by atoms with E-state index in [4.69, 9.17) is 11.6 Å². The highest BCUT2D eigenvalue weighted by Crippen LogP contribution is 2.10. The van der Waals surface area contributed by atoms with Crippen LogP contribution in [-0.2, 0) is 6.42 Å². The van der Waals surface area contributed by atoms with Crippen molar-refractivity contribution in [3.8, 4) is 0 Å². The molecule has 1 heterocycles. The summed E-state index contributed by atoms with van der Waals surface area (Å²) in [6, 6.07) is 10.6. The molecule has 0 radical (unpaired) electrons. The van der Waals surface area contributed by atoms with Gasteiger partial charge in [-0.15, -0.1) is 0 Å². The van der Waals surface area contributed by atoms with E-state index in [1.165, 1.54) is 24.3 Å². The number of hydrogen-bond acceptors (Lipinski definition) is 2. The first-order valence-corrected chi connectivity index (χ1v) is 5.43. The van der Waals surface area contributed by atoms with Gasteiger partial charge in [0.1, 0.15) is 11.0 Å². The number of carbonyl (C=O) groups is 1. The third-order valence-electron chi connectivity index (χ3n) is 2.28. The number of hydrogen-bond donors (Lipinski definition) is 0. The van der Waals surface area contributed by atoms with Crippen LogP contribution in [0.4, 0.5) is 4.39 Å². The molecule has 0 spiro atoms. The first-order chi connectivity index (χ1) is 8.15. The summed E-state index contributed by atoms with van der Waals surface area (Å²) in [7, 11) is 0. The molecule has 17 heavy (non-hydrogen) atoms. The van der Waals surface area contributed by atoms with Crippen molar-refractivity contribution in [3.63, 3.8) is 0 Å². The van der Waals surface area contributed by atoms with Crippen LogP contribution in [0.1, 0.15) is 16.1 Å². The molecule has 0 N–H and O–H groups in total. The van der Waals surface area contributed by atoms with Gasteiger partial charge in [-0.3, -0.25) is 4.79 Å². The number of pyridine rings is 1. The van der Waals surface area contributed by atoms with E-state index in [1.54, 1.807) is 18.2 Å². The molecule has 0 saturated carbocycles. The number of ketones is 1. The average molecular weight is 250 g/mol. The molecular weight excluding hydrogens is 241 g/mol.